The summed E-state index contributed by atoms with van der Waals surface area (Å²) in [5.41, 5.74) is -0.0153. The Morgan fingerprint density at radius 2 is 2.26 bits per heavy atom. The highest BCUT2D eigenvalue weighted by Gasteiger charge is 2.20. The molecule has 1 aromatic carbocycles. The molecule has 0 aliphatic rings. The third kappa shape index (κ3) is 4.48. The normalized spacial score (nSPS) is 9.74. The molecule has 1 aromatic rings. The second kappa shape index (κ2) is 7.04. The van der Waals surface area contributed by atoms with Gasteiger partial charge in [0.05, 0.1) is 26.7 Å². The van der Waals surface area contributed by atoms with Gasteiger partial charge in [-0.05, 0) is 42.0 Å². The Morgan fingerprint density at radius 1 is 1.58 bits per heavy atom. The van der Waals surface area contributed by atoms with Crippen LogP contribution in [0.2, 0.25) is 0 Å². The van der Waals surface area contributed by atoms with Crippen LogP contribution < -0.4 is 4.74 Å². The number of nitrogens with zero attached hydrogens (tertiary/aromatic N) is 2. The second-order valence-corrected chi connectivity index (χ2v) is 4.99. The molecular weight excluding hydrogens is 363 g/mol. The van der Waals surface area contributed by atoms with Crippen molar-refractivity contribution in [3.05, 3.63) is 31.4 Å². The van der Waals surface area contributed by atoms with Crippen molar-refractivity contribution < 1.29 is 14.5 Å². The molecule has 0 heterocycles. The van der Waals surface area contributed by atoms with Crippen LogP contribution >= 0.6 is 22.6 Å². The van der Waals surface area contributed by atoms with Crippen molar-refractivity contribution in [3.8, 4) is 11.8 Å². The van der Waals surface area contributed by atoms with Crippen molar-refractivity contribution in [1.82, 2.24) is 0 Å². The van der Waals surface area contributed by atoms with Crippen molar-refractivity contribution in [3.63, 3.8) is 0 Å². The van der Waals surface area contributed by atoms with E-state index in [1.807, 2.05) is 28.7 Å². The highest BCUT2D eigenvalue weighted by Crippen LogP contribution is 2.33. The summed E-state index contributed by atoms with van der Waals surface area (Å²) in [6, 6.07) is 4.57. The minimum atomic E-state index is -0.580. The summed E-state index contributed by atoms with van der Waals surface area (Å²) in [6.07, 6.45) is 0.878. The van der Waals surface area contributed by atoms with Crippen LogP contribution in [0.5, 0.6) is 5.75 Å². The number of hydrogen-bond acceptors (Lipinski definition) is 5. The van der Waals surface area contributed by atoms with Crippen molar-refractivity contribution >= 4 is 34.1 Å². The van der Waals surface area contributed by atoms with Crippen LogP contribution in [0.3, 0.4) is 0 Å². The summed E-state index contributed by atoms with van der Waals surface area (Å²) in [6.45, 7) is 1.70. The van der Waals surface area contributed by atoms with E-state index in [1.54, 1.807) is 0 Å². The van der Waals surface area contributed by atoms with Crippen molar-refractivity contribution in [2.45, 2.75) is 19.8 Å². The number of Topliss-reactive ketones (excluding diaryl/α,β-unsaturated/α-hetero) is 1. The topological polar surface area (TPSA) is 93.2 Å². The lowest BCUT2D eigenvalue weighted by atomic mass is 10.2. The van der Waals surface area contributed by atoms with Crippen LogP contribution in [0.25, 0.3) is 0 Å². The lowest BCUT2D eigenvalue weighted by Gasteiger charge is -2.08. The first-order valence-corrected chi connectivity index (χ1v) is 6.54. The molecule has 100 valence electrons. The fourth-order valence-corrected chi connectivity index (χ4v) is 2.18. The summed E-state index contributed by atoms with van der Waals surface area (Å²) in [4.78, 5) is 21.1. The molecule has 0 radical (unpaired) electrons. The summed E-state index contributed by atoms with van der Waals surface area (Å²) in [5, 5.41) is 19.7. The molecule has 1 rings (SSSR count). The largest absolute Gasteiger partial charge is 0.486 e. The number of halogens is 1. The summed E-state index contributed by atoms with van der Waals surface area (Å²) in [7, 11) is 0. The molecule has 7 heteroatoms. The van der Waals surface area contributed by atoms with Gasteiger partial charge in [0.25, 0.3) is 0 Å². The first kappa shape index (κ1) is 15.4. The minimum absolute atomic E-state index is 0.0487. The zero-order valence-electron chi connectivity index (χ0n) is 10.2. The van der Waals surface area contributed by atoms with E-state index in [2.05, 4.69) is 0 Å². The van der Waals surface area contributed by atoms with Crippen molar-refractivity contribution in [1.29, 1.82) is 5.26 Å². The number of nitriles is 1. The van der Waals surface area contributed by atoms with Gasteiger partial charge in [0.2, 0.25) is 5.75 Å². The molecule has 0 aromatic heterocycles. The van der Waals surface area contributed by atoms with Gasteiger partial charge in [0.1, 0.15) is 5.78 Å². The fraction of sp³-hybridized carbons (Fsp3) is 0.333. The van der Waals surface area contributed by atoms with Crippen molar-refractivity contribution in [2.75, 3.05) is 6.61 Å². The molecule has 0 saturated carbocycles. The smallest absolute Gasteiger partial charge is 0.313 e. The first-order valence-electron chi connectivity index (χ1n) is 5.46. The highest BCUT2D eigenvalue weighted by atomic mass is 127. The van der Waals surface area contributed by atoms with E-state index in [0.717, 1.165) is 0 Å². The number of benzene rings is 1. The van der Waals surface area contributed by atoms with Gasteiger partial charge in [0, 0.05) is 12.5 Å². The lowest BCUT2D eigenvalue weighted by molar-refractivity contribution is -0.386. The molecule has 0 spiro atoms. The number of carbonyl (C=O) groups is 1. The number of nitro benzene ring substituents is 1. The van der Waals surface area contributed by atoms with E-state index < -0.39 is 4.92 Å². The van der Waals surface area contributed by atoms with Gasteiger partial charge in [-0.3, -0.25) is 10.1 Å². The summed E-state index contributed by atoms with van der Waals surface area (Å²) in [5.74, 6) is 0.195. The van der Waals surface area contributed by atoms with E-state index in [1.165, 1.54) is 19.1 Å². The van der Waals surface area contributed by atoms with Gasteiger partial charge in [-0.2, -0.15) is 5.26 Å². The maximum atomic E-state index is 10.9. The summed E-state index contributed by atoms with van der Waals surface area (Å²) >= 11 is 1.89. The molecular formula is C12H11IN2O4. The number of hydrogen-bond donors (Lipinski definition) is 0. The highest BCUT2D eigenvalue weighted by molar-refractivity contribution is 14.1. The zero-order valence-corrected chi connectivity index (χ0v) is 12.3. The van der Waals surface area contributed by atoms with Crippen LogP contribution in [-0.2, 0) is 4.79 Å². The van der Waals surface area contributed by atoms with E-state index in [0.29, 0.717) is 16.4 Å². The Morgan fingerprint density at radius 3 is 2.79 bits per heavy atom. The number of rotatable bonds is 6. The zero-order chi connectivity index (χ0) is 14.4. The molecule has 0 unspecified atom stereocenters. The number of ether oxygens (including phenoxy) is 1. The van der Waals surface area contributed by atoms with Gasteiger partial charge >= 0.3 is 5.69 Å². The van der Waals surface area contributed by atoms with Crippen LogP contribution in [0.4, 0.5) is 5.69 Å². The molecule has 0 aliphatic heterocycles. The average Bonchev–Trinajstić information content (AvgIpc) is 2.34. The van der Waals surface area contributed by atoms with E-state index in [4.69, 9.17) is 10.00 Å². The Kier molecular flexibility index (Phi) is 5.69. The van der Waals surface area contributed by atoms with Gasteiger partial charge in [-0.25, -0.2) is 0 Å². The monoisotopic (exact) mass is 374 g/mol. The standard InChI is InChI=1S/C12H11IN2O4/c1-8(16)3-2-4-19-12-10(13)5-9(7-14)6-11(12)15(17)18/h5-6H,2-4H2,1H3. The van der Waals surface area contributed by atoms with Gasteiger partial charge in [-0.1, -0.05) is 0 Å². The number of ketones is 1. The first-order chi connectivity index (χ1) is 8.95. The molecule has 0 fully saturated rings. The molecule has 0 atom stereocenters. The van der Waals surface area contributed by atoms with Crippen LogP contribution in [-0.4, -0.2) is 17.3 Å². The average molecular weight is 374 g/mol. The predicted octanol–water partition coefficient (Wildman–Crippen LogP) is 2.82. The third-order valence-electron chi connectivity index (χ3n) is 2.27. The van der Waals surface area contributed by atoms with Crippen LogP contribution in [0.15, 0.2) is 12.1 Å². The van der Waals surface area contributed by atoms with E-state index in [9.17, 15) is 14.9 Å². The Balaban J connectivity index is 2.90. The third-order valence-corrected chi connectivity index (χ3v) is 3.07. The van der Waals surface area contributed by atoms with Gasteiger partial charge < -0.3 is 9.53 Å². The molecule has 0 saturated heterocycles. The van der Waals surface area contributed by atoms with Crippen LogP contribution in [0, 0.1) is 25.0 Å². The molecule has 0 amide bonds. The molecule has 19 heavy (non-hydrogen) atoms. The summed E-state index contributed by atoms with van der Waals surface area (Å²) < 4.78 is 5.87. The van der Waals surface area contributed by atoms with Gasteiger partial charge in [-0.15, -0.1) is 0 Å². The van der Waals surface area contributed by atoms with Crippen molar-refractivity contribution in [2.24, 2.45) is 0 Å². The van der Waals surface area contributed by atoms with Crippen LogP contribution in [0.1, 0.15) is 25.3 Å². The Bertz CT molecular complexity index is 551. The fourth-order valence-electron chi connectivity index (χ4n) is 1.42. The molecule has 0 aliphatic carbocycles. The van der Waals surface area contributed by atoms with E-state index in [-0.39, 0.29) is 29.4 Å². The molecule has 0 N–H and O–H groups in total. The van der Waals surface area contributed by atoms with Gasteiger partial charge in [0.15, 0.2) is 0 Å². The van der Waals surface area contributed by atoms with E-state index >= 15 is 0 Å². The quantitative estimate of drug-likeness (QED) is 0.330. The minimum Gasteiger partial charge on any atom is -0.486 e. The number of carbonyl (C=O) groups excluding carboxylic acids is 1. The molecule has 6 nitrogen and oxygen atoms in total. The Labute approximate surface area is 123 Å². The maximum absolute atomic E-state index is 10.9. The predicted molar refractivity (Wildman–Crippen MR) is 75.9 cm³/mol. The number of nitro groups is 1. The Hall–Kier alpha value is -1.69. The second-order valence-electron chi connectivity index (χ2n) is 3.83. The maximum Gasteiger partial charge on any atom is 0.313 e. The lowest BCUT2D eigenvalue weighted by Crippen LogP contribution is -2.04. The SMILES string of the molecule is CC(=O)CCCOc1c(I)cc(C#N)cc1[N+](=O)[O-]. The molecule has 0 bridgehead atoms.